The molecule has 0 amide bonds. The van der Waals surface area contributed by atoms with Gasteiger partial charge in [-0.2, -0.15) is 4.57 Å². The molecule has 0 spiro atoms. The van der Waals surface area contributed by atoms with Crippen LogP contribution in [0, 0.1) is 27.7 Å². The summed E-state index contributed by atoms with van der Waals surface area (Å²) in [5.74, 6) is 0.525. The summed E-state index contributed by atoms with van der Waals surface area (Å²) in [7, 11) is 2.21. The van der Waals surface area contributed by atoms with Crippen LogP contribution in [0.4, 0.5) is 0 Å². The first-order valence-corrected chi connectivity index (χ1v) is 10.9. The predicted octanol–water partition coefficient (Wildman–Crippen LogP) is 7.36. The van der Waals surface area contributed by atoms with E-state index < -0.39 is 0 Å². The Hall–Kier alpha value is -2.93. The lowest BCUT2D eigenvalue weighted by atomic mass is 9.89. The molecule has 0 fully saturated rings. The van der Waals surface area contributed by atoms with Crippen LogP contribution < -0.4 is 4.57 Å². The van der Waals surface area contributed by atoms with Crippen LogP contribution in [0.5, 0.6) is 0 Å². The maximum Gasteiger partial charge on any atom is 0.220 e. The average Bonchev–Trinajstić information content (AvgIpc) is 2.75. The van der Waals surface area contributed by atoms with Gasteiger partial charge < -0.3 is 0 Å². The van der Waals surface area contributed by atoms with Crippen LogP contribution in [-0.4, -0.2) is 0 Å². The summed E-state index contributed by atoms with van der Waals surface area (Å²) >= 11 is 0. The van der Waals surface area contributed by atoms with Crippen LogP contribution in [0.3, 0.4) is 0 Å². The van der Waals surface area contributed by atoms with E-state index in [2.05, 4.69) is 114 Å². The number of rotatable bonds is 3. The Morgan fingerprint density at radius 1 is 0.700 bits per heavy atom. The second-order valence-corrected chi connectivity index (χ2v) is 8.91. The molecule has 152 valence electrons. The smallest absolute Gasteiger partial charge is 0.198 e. The molecule has 1 heteroatoms. The summed E-state index contributed by atoms with van der Waals surface area (Å²) in [5.41, 5.74) is 11.9. The van der Waals surface area contributed by atoms with Crippen LogP contribution in [0.2, 0.25) is 0 Å². The third-order valence-corrected chi connectivity index (χ3v) is 6.78. The van der Waals surface area contributed by atoms with Gasteiger partial charge in [0.05, 0.1) is 10.9 Å². The number of aryl methyl sites for hydroxylation is 2. The lowest BCUT2D eigenvalue weighted by molar-refractivity contribution is -0.665. The number of nitrogens with zero attached hydrogens (tertiary/aromatic N) is 1. The van der Waals surface area contributed by atoms with Crippen molar-refractivity contribution in [2.24, 2.45) is 7.05 Å². The summed E-state index contributed by atoms with van der Waals surface area (Å²) in [6, 6.07) is 22.4. The lowest BCUT2D eigenvalue weighted by Crippen LogP contribution is -2.36. The second-order valence-electron chi connectivity index (χ2n) is 8.91. The molecule has 4 aromatic rings. The molecule has 0 atom stereocenters. The zero-order chi connectivity index (χ0) is 21.6. The number of aromatic nitrogens is 1. The molecule has 4 rings (SSSR count). The summed E-state index contributed by atoms with van der Waals surface area (Å²) in [5, 5.41) is 2.70. The Morgan fingerprint density at radius 3 is 2.07 bits per heavy atom. The van der Waals surface area contributed by atoms with Crippen LogP contribution >= 0.6 is 0 Å². The molecule has 1 aromatic heterocycles. The highest BCUT2D eigenvalue weighted by Gasteiger charge is 2.24. The van der Waals surface area contributed by atoms with Gasteiger partial charge in [-0.3, -0.25) is 0 Å². The van der Waals surface area contributed by atoms with Crippen molar-refractivity contribution in [3.05, 3.63) is 88.6 Å². The summed E-state index contributed by atoms with van der Waals surface area (Å²) in [6.07, 6.45) is 0. The van der Waals surface area contributed by atoms with Crippen LogP contribution in [-0.2, 0) is 7.05 Å². The Labute approximate surface area is 181 Å². The average molecular weight is 395 g/mol. The van der Waals surface area contributed by atoms with Crippen molar-refractivity contribution in [3.8, 4) is 22.4 Å². The fourth-order valence-corrected chi connectivity index (χ4v) is 4.46. The zero-order valence-corrected chi connectivity index (χ0v) is 19.3. The van der Waals surface area contributed by atoms with E-state index >= 15 is 0 Å². The highest BCUT2D eigenvalue weighted by molar-refractivity contribution is 5.97. The van der Waals surface area contributed by atoms with Crippen molar-refractivity contribution in [2.75, 3.05) is 0 Å². The van der Waals surface area contributed by atoms with Gasteiger partial charge >= 0.3 is 0 Å². The minimum atomic E-state index is 0.525. The van der Waals surface area contributed by atoms with Crippen molar-refractivity contribution in [3.63, 3.8) is 0 Å². The molecule has 0 aliphatic rings. The monoisotopic (exact) mass is 394 g/mol. The van der Waals surface area contributed by atoms with Gasteiger partial charge in [0.2, 0.25) is 5.69 Å². The third-order valence-electron chi connectivity index (χ3n) is 6.78. The fraction of sp³-hybridized carbons (Fsp3) is 0.276. The molecular weight excluding hydrogens is 362 g/mol. The largest absolute Gasteiger partial charge is 0.220 e. The minimum absolute atomic E-state index is 0.525. The number of fused-ring (bicyclic) bond motifs is 1. The highest BCUT2D eigenvalue weighted by Crippen LogP contribution is 2.36. The maximum atomic E-state index is 2.40. The predicted molar refractivity (Wildman–Crippen MR) is 129 cm³/mol. The standard InChI is InChI=1S/C29H32N/c1-18(2)24-13-14-26-27(16-24)21(5)22(6)30(7)29(26)28-17-25(15-19(3)20(28)4)23-11-9-8-10-12-23/h8-18H,1-7H3/q+1. The molecule has 0 unspecified atom stereocenters. The minimum Gasteiger partial charge on any atom is -0.198 e. The van der Waals surface area contributed by atoms with Gasteiger partial charge in [0, 0.05) is 12.5 Å². The van der Waals surface area contributed by atoms with Crippen LogP contribution in [0.15, 0.2) is 60.7 Å². The van der Waals surface area contributed by atoms with Gasteiger partial charge in [-0.05, 0) is 72.0 Å². The van der Waals surface area contributed by atoms with E-state index in [1.807, 2.05) is 0 Å². The van der Waals surface area contributed by atoms with Gasteiger partial charge in [0.25, 0.3) is 0 Å². The molecular formula is C29H32N+. The number of hydrogen-bond donors (Lipinski definition) is 0. The van der Waals surface area contributed by atoms with E-state index in [1.165, 1.54) is 61.1 Å². The number of hydrogen-bond acceptors (Lipinski definition) is 0. The maximum absolute atomic E-state index is 2.40. The zero-order valence-electron chi connectivity index (χ0n) is 19.3. The quantitative estimate of drug-likeness (QED) is 0.320. The van der Waals surface area contributed by atoms with Crippen molar-refractivity contribution < 1.29 is 4.57 Å². The number of benzene rings is 3. The van der Waals surface area contributed by atoms with E-state index in [4.69, 9.17) is 0 Å². The Kier molecular flexibility index (Phi) is 5.24. The van der Waals surface area contributed by atoms with Gasteiger partial charge in [0.15, 0.2) is 5.69 Å². The molecule has 1 heterocycles. The van der Waals surface area contributed by atoms with E-state index in [0.717, 1.165) is 0 Å². The summed E-state index contributed by atoms with van der Waals surface area (Å²) in [4.78, 5) is 0. The first-order valence-electron chi connectivity index (χ1n) is 10.9. The van der Waals surface area contributed by atoms with Crippen molar-refractivity contribution >= 4 is 10.8 Å². The van der Waals surface area contributed by atoms with Crippen molar-refractivity contribution in [1.29, 1.82) is 0 Å². The molecule has 1 nitrogen and oxygen atoms in total. The molecule has 0 saturated carbocycles. The fourth-order valence-electron chi connectivity index (χ4n) is 4.46. The lowest BCUT2D eigenvalue weighted by Gasteiger charge is -2.16. The Bertz CT molecular complexity index is 1250. The summed E-state index contributed by atoms with van der Waals surface area (Å²) < 4.78 is 2.38. The highest BCUT2D eigenvalue weighted by atomic mass is 14.9. The molecule has 0 aliphatic carbocycles. The third kappa shape index (κ3) is 3.33. The molecule has 3 aromatic carbocycles. The molecule has 0 bridgehead atoms. The van der Waals surface area contributed by atoms with Crippen LogP contribution in [0.1, 0.15) is 47.7 Å². The van der Waals surface area contributed by atoms with Gasteiger partial charge in [-0.1, -0.05) is 62.4 Å². The topological polar surface area (TPSA) is 3.88 Å². The molecule has 30 heavy (non-hydrogen) atoms. The first-order chi connectivity index (χ1) is 14.3. The van der Waals surface area contributed by atoms with E-state index in [-0.39, 0.29) is 0 Å². The Morgan fingerprint density at radius 2 is 1.40 bits per heavy atom. The SMILES string of the molecule is Cc1cc(-c2ccccc2)cc(-c2c3ccc(C(C)C)cc3c(C)c(C)[n+]2C)c1C. The molecule has 0 aliphatic heterocycles. The first kappa shape index (κ1) is 20.3. The molecule has 0 saturated heterocycles. The Balaban J connectivity index is 2.08. The van der Waals surface area contributed by atoms with Crippen molar-refractivity contribution in [1.82, 2.24) is 0 Å². The molecule has 0 radical (unpaired) electrons. The molecule has 0 N–H and O–H groups in total. The van der Waals surface area contributed by atoms with Gasteiger partial charge in [-0.25, -0.2) is 0 Å². The van der Waals surface area contributed by atoms with E-state index in [1.54, 1.807) is 0 Å². The van der Waals surface area contributed by atoms with Gasteiger partial charge in [0.1, 0.15) is 7.05 Å². The normalized spacial score (nSPS) is 11.5. The van der Waals surface area contributed by atoms with Crippen molar-refractivity contribution in [2.45, 2.75) is 47.5 Å². The number of pyridine rings is 1. The second kappa shape index (κ2) is 7.72. The van der Waals surface area contributed by atoms with E-state index in [9.17, 15) is 0 Å². The van der Waals surface area contributed by atoms with Crippen LogP contribution in [0.25, 0.3) is 33.2 Å². The van der Waals surface area contributed by atoms with Gasteiger partial charge in [-0.15, -0.1) is 0 Å². The van der Waals surface area contributed by atoms with E-state index in [0.29, 0.717) is 5.92 Å². The summed E-state index contributed by atoms with van der Waals surface area (Å²) in [6.45, 7) is 13.5.